The SMILES string of the molecule is CCOc1ccc(CCC(C)(C)CNC2CC2)c(Br)c1. The van der Waals surface area contributed by atoms with Crippen molar-refractivity contribution in [3.63, 3.8) is 0 Å². The van der Waals surface area contributed by atoms with Crippen molar-refractivity contribution in [2.45, 2.75) is 52.5 Å². The maximum Gasteiger partial charge on any atom is 0.120 e. The van der Waals surface area contributed by atoms with Crippen molar-refractivity contribution in [2.24, 2.45) is 5.41 Å². The van der Waals surface area contributed by atoms with Gasteiger partial charge in [0, 0.05) is 17.1 Å². The molecule has 0 heterocycles. The van der Waals surface area contributed by atoms with Gasteiger partial charge in [0.25, 0.3) is 0 Å². The first-order chi connectivity index (χ1) is 9.50. The lowest BCUT2D eigenvalue weighted by Gasteiger charge is -2.25. The molecule has 0 atom stereocenters. The predicted octanol–water partition coefficient (Wildman–Crippen LogP) is 4.56. The molecule has 1 aromatic rings. The van der Waals surface area contributed by atoms with Crippen LogP contribution in [0, 0.1) is 5.41 Å². The second-order valence-corrected chi connectivity index (χ2v) is 7.36. The lowest BCUT2D eigenvalue weighted by Crippen LogP contribution is -2.31. The summed E-state index contributed by atoms with van der Waals surface area (Å²) in [5, 5.41) is 3.64. The lowest BCUT2D eigenvalue weighted by atomic mass is 9.86. The summed E-state index contributed by atoms with van der Waals surface area (Å²) < 4.78 is 6.68. The molecule has 0 spiro atoms. The Hall–Kier alpha value is -0.540. The molecule has 0 unspecified atom stereocenters. The monoisotopic (exact) mass is 339 g/mol. The molecule has 112 valence electrons. The summed E-state index contributed by atoms with van der Waals surface area (Å²) in [6, 6.07) is 7.12. The zero-order valence-electron chi connectivity index (χ0n) is 12.8. The Morgan fingerprint density at radius 1 is 1.35 bits per heavy atom. The molecular formula is C17H26BrNO. The molecule has 1 aromatic carbocycles. The van der Waals surface area contributed by atoms with Gasteiger partial charge < -0.3 is 10.1 Å². The molecule has 1 aliphatic rings. The molecule has 20 heavy (non-hydrogen) atoms. The van der Waals surface area contributed by atoms with Crippen molar-refractivity contribution in [1.29, 1.82) is 0 Å². The lowest BCUT2D eigenvalue weighted by molar-refractivity contribution is 0.313. The number of nitrogens with one attached hydrogen (secondary N) is 1. The maximum atomic E-state index is 5.52. The summed E-state index contributed by atoms with van der Waals surface area (Å²) in [6.45, 7) is 8.55. The van der Waals surface area contributed by atoms with Gasteiger partial charge in [0.15, 0.2) is 0 Å². The standard InChI is InChI=1S/C17H26BrNO/c1-4-20-15-8-5-13(16(18)11-15)9-10-17(2,3)12-19-14-6-7-14/h5,8,11,14,19H,4,6-7,9-10,12H2,1-3H3. The van der Waals surface area contributed by atoms with Crippen LogP contribution < -0.4 is 10.1 Å². The number of benzene rings is 1. The Bertz CT molecular complexity index is 441. The molecule has 0 saturated heterocycles. The van der Waals surface area contributed by atoms with Crippen LogP contribution in [0.25, 0.3) is 0 Å². The number of rotatable bonds is 8. The number of halogens is 1. The highest BCUT2D eigenvalue weighted by molar-refractivity contribution is 9.10. The highest BCUT2D eigenvalue weighted by Crippen LogP contribution is 2.29. The third kappa shape index (κ3) is 5.10. The van der Waals surface area contributed by atoms with Crippen LogP contribution in [-0.2, 0) is 6.42 Å². The first-order valence-electron chi connectivity index (χ1n) is 7.65. The van der Waals surface area contributed by atoms with Gasteiger partial charge >= 0.3 is 0 Å². The summed E-state index contributed by atoms with van der Waals surface area (Å²) in [5.74, 6) is 0.942. The quantitative estimate of drug-likeness (QED) is 0.749. The molecule has 0 radical (unpaired) electrons. The normalized spacial score (nSPS) is 15.4. The second-order valence-electron chi connectivity index (χ2n) is 6.51. The van der Waals surface area contributed by atoms with Crippen molar-refractivity contribution in [1.82, 2.24) is 5.32 Å². The highest BCUT2D eigenvalue weighted by Gasteiger charge is 2.25. The predicted molar refractivity (Wildman–Crippen MR) is 88.4 cm³/mol. The van der Waals surface area contributed by atoms with E-state index < -0.39 is 0 Å². The molecule has 0 bridgehead atoms. The second kappa shape index (κ2) is 6.95. The Labute approximate surface area is 131 Å². The van der Waals surface area contributed by atoms with E-state index in [4.69, 9.17) is 4.74 Å². The fourth-order valence-corrected chi connectivity index (χ4v) is 2.81. The van der Waals surface area contributed by atoms with Gasteiger partial charge in [-0.2, -0.15) is 0 Å². The third-order valence-electron chi connectivity index (χ3n) is 3.85. The Kier molecular flexibility index (Phi) is 5.50. The van der Waals surface area contributed by atoms with Crippen LogP contribution in [0.3, 0.4) is 0 Å². The van der Waals surface area contributed by atoms with E-state index in [1.807, 2.05) is 6.92 Å². The van der Waals surface area contributed by atoms with E-state index in [9.17, 15) is 0 Å². The third-order valence-corrected chi connectivity index (χ3v) is 4.59. The van der Waals surface area contributed by atoms with E-state index in [1.165, 1.54) is 24.8 Å². The molecule has 2 nitrogen and oxygen atoms in total. The van der Waals surface area contributed by atoms with Gasteiger partial charge in [0.05, 0.1) is 6.61 Å². The Morgan fingerprint density at radius 3 is 2.70 bits per heavy atom. The smallest absolute Gasteiger partial charge is 0.120 e. The number of hydrogen-bond acceptors (Lipinski definition) is 2. The summed E-state index contributed by atoms with van der Waals surface area (Å²) in [6.07, 6.45) is 5.02. The minimum atomic E-state index is 0.348. The van der Waals surface area contributed by atoms with E-state index >= 15 is 0 Å². The average Bonchev–Trinajstić information content (AvgIpc) is 3.20. The summed E-state index contributed by atoms with van der Waals surface area (Å²) in [4.78, 5) is 0. The number of hydrogen-bond donors (Lipinski definition) is 1. The molecule has 2 rings (SSSR count). The van der Waals surface area contributed by atoms with Crippen LogP contribution in [0.4, 0.5) is 0 Å². The number of aryl methyl sites for hydroxylation is 1. The van der Waals surface area contributed by atoms with Gasteiger partial charge in [-0.15, -0.1) is 0 Å². The van der Waals surface area contributed by atoms with Gasteiger partial charge in [-0.25, -0.2) is 0 Å². The minimum Gasteiger partial charge on any atom is -0.494 e. The van der Waals surface area contributed by atoms with Crippen molar-refractivity contribution in [3.8, 4) is 5.75 Å². The summed E-state index contributed by atoms with van der Waals surface area (Å²) in [7, 11) is 0. The highest BCUT2D eigenvalue weighted by atomic mass is 79.9. The fourth-order valence-electron chi connectivity index (χ4n) is 2.26. The molecule has 1 aliphatic carbocycles. The maximum absolute atomic E-state index is 5.52. The first-order valence-corrected chi connectivity index (χ1v) is 8.44. The molecule has 1 saturated carbocycles. The topological polar surface area (TPSA) is 21.3 Å². The van der Waals surface area contributed by atoms with Gasteiger partial charge in [0.2, 0.25) is 0 Å². The van der Waals surface area contributed by atoms with Crippen molar-refractivity contribution < 1.29 is 4.74 Å². The zero-order chi connectivity index (χ0) is 14.6. The van der Waals surface area contributed by atoms with E-state index in [0.29, 0.717) is 12.0 Å². The molecular weight excluding hydrogens is 314 g/mol. The van der Waals surface area contributed by atoms with Gasteiger partial charge in [-0.05, 0) is 55.7 Å². The van der Waals surface area contributed by atoms with E-state index in [2.05, 4.69) is 53.3 Å². The van der Waals surface area contributed by atoms with Crippen LogP contribution in [-0.4, -0.2) is 19.2 Å². The molecule has 3 heteroatoms. The van der Waals surface area contributed by atoms with Crippen LogP contribution in [0.2, 0.25) is 0 Å². The Balaban J connectivity index is 1.85. The van der Waals surface area contributed by atoms with Crippen LogP contribution in [0.15, 0.2) is 22.7 Å². The van der Waals surface area contributed by atoms with Crippen LogP contribution in [0.1, 0.15) is 45.6 Å². The fraction of sp³-hybridized carbons (Fsp3) is 0.647. The van der Waals surface area contributed by atoms with E-state index in [1.54, 1.807) is 0 Å². The molecule has 0 aromatic heterocycles. The average molecular weight is 340 g/mol. The van der Waals surface area contributed by atoms with E-state index in [-0.39, 0.29) is 0 Å². The largest absolute Gasteiger partial charge is 0.494 e. The van der Waals surface area contributed by atoms with Crippen molar-refractivity contribution in [2.75, 3.05) is 13.2 Å². The molecule has 0 aliphatic heterocycles. The minimum absolute atomic E-state index is 0.348. The molecule has 0 amide bonds. The van der Waals surface area contributed by atoms with Crippen molar-refractivity contribution in [3.05, 3.63) is 28.2 Å². The first kappa shape index (κ1) is 15.8. The van der Waals surface area contributed by atoms with Crippen LogP contribution >= 0.6 is 15.9 Å². The zero-order valence-corrected chi connectivity index (χ0v) is 14.4. The molecule has 1 N–H and O–H groups in total. The van der Waals surface area contributed by atoms with Gasteiger partial charge in [0.1, 0.15) is 5.75 Å². The summed E-state index contributed by atoms with van der Waals surface area (Å²) in [5.41, 5.74) is 1.72. The summed E-state index contributed by atoms with van der Waals surface area (Å²) >= 11 is 3.66. The van der Waals surface area contributed by atoms with Crippen molar-refractivity contribution >= 4 is 15.9 Å². The van der Waals surface area contributed by atoms with E-state index in [0.717, 1.165) is 29.2 Å². The van der Waals surface area contributed by atoms with Crippen LogP contribution in [0.5, 0.6) is 5.75 Å². The number of ether oxygens (including phenoxy) is 1. The molecule has 1 fully saturated rings. The van der Waals surface area contributed by atoms with Gasteiger partial charge in [-0.3, -0.25) is 0 Å². The Morgan fingerprint density at radius 2 is 2.10 bits per heavy atom. The van der Waals surface area contributed by atoms with Gasteiger partial charge in [-0.1, -0.05) is 35.8 Å².